The number of aromatic amines is 1. The van der Waals surface area contributed by atoms with Crippen molar-refractivity contribution in [1.82, 2.24) is 4.98 Å². The van der Waals surface area contributed by atoms with Gasteiger partial charge in [-0.15, -0.1) is 0 Å². The van der Waals surface area contributed by atoms with E-state index in [2.05, 4.69) is 25.8 Å². The molecule has 1 aromatic rings. The van der Waals surface area contributed by atoms with Crippen molar-refractivity contribution in [1.29, 1.82) is 5.41 Å². The van der Waals surface area contributed by atoms with Gasteiger partial charge in [0.15, 0.2) is 0 Å². The van der Waals surface area contributed by atoms with Crippen LogP contribution in [-0.4, -0.2) is 23.8 Å². The Labute approximate surface area is 107 Å². The first kappa shape index (κ1) is 12.6. The minimum Gasteiger partial charge on any atom is -0.465 e. The van der Waals surface area contributed by atoms with E-state index in [-0.39, 0.29) is 5.41 Å². The summed E-state index contributed by atoms with van der Waals surface area (Å²) in [5, 5.41) is 7.79. The zero-order valence-electron chi connectivity index (χ0n) is 11.2. The van der Waals surface area contributed by atoms with Gasteiger partial charge in [0.25, 0.3) is 0 Å². The first-order chi connectivity index (χ1) is 8.32. The van der Waals surface area contributed by atoms with Gasteiger partial charge < -0.3 is 15.1 Å². The summed E-state index contributed by atoms with van der Waals surface area (Å²) in [5.74, 6) is -0.400. The van der Waals surface area contributed by atoms with Crippen molar-refractivity contribution in [2.45, 2.75) is 32.6 Å². The standard InChI is InChI=1S/C14H18N2O2/c1-14(2,3)11-6-8-5-9(15)7-10(12(8)16-11)13(17)18-4/h6-7,15-16H,5H2,1-4H3. The normalized spacial score (nSPS) is 15.1. The van der Waals surface area contributed by atoms with Crippen molar-refractivity contribution in [3.63, 3.8) is 0 Å². The van der Waals surface area contributed by atoms with Gasteiger partial charge in [-0.1, -0.05) is 20.8 Å². The Morgan fingerprint density at radius 3 is 2.67 bits per heavy atom. The summed E-state index contributed by atoms with van der Waals surface area (Å²) in [6.07, 6.45) is 2.14. The number of allylic oxidation sites excluding steroid dienone is 1. The van der Waals surface area contributed by atoms with E-state index in [1.54, 1.807) is 6.08 Å². The van der Waals surface area contributed by atoms with Crippen LogP contribution in [0.25, 0.3) is 5.57 Å². The molecule has 0 amide bonds. The number of aromatic nitrogens is 1. The highest BCUT2D eigenvalue weighted by Crippen LogP contribution is 2.31. The fourth-order valence-electron chi connectivity index (χ4n) is 2.05. The second-order valence-corrected chi connectivity index (χ2v) is 5.58. The van der Waals surface area contributed by atoms with Gasteiger partial charge in [-0.25, -0.2) is 4.79 Å². The average molecular weight is 246 g/mol. The smallest absolute Gasteiger partial charge is 0.340 e. The third-order valence-corrected chi connectivity index (χ3v) is 3.08. The van der Waals surface area contributed by atoms with Crippen molar-refractivity contribution in [2.75, 3.05) is 7.11 Å². The maximum absolute atomic E-state index is 11.7. The van der Waals surface area contributed by atoms with Crippen LogP contribution in [0.5, 0.6) is 0 Å². The monoisotopic (exact) mass is 246 g/mol. The lowest BCUT2D eigenvalue weighted by Gasteiger charge is -2.16. The van der Waals surface area contributed by atoms with Crippen LogP contribution >= 0.6 is 0 Å². The summed E-state index contributed by atoms with van der Waals surface area (Å²) >= 11 is 0. The number of H-pyrrole nitrogens is 1. The van der Waals surface area contributed by atoms with Crippen LogP contribution in [0, 0.1) is 5.41 Å². The molecule has 1 aromatic heterocycles. The molecule has 1 heterocycles. The number of nitrogens with one attached hydrogen (secondary N) is 2. The topological polar surface area (TPSA) is 65.9 Å². The Kier molecular flexibility index (Phi) is 2.89. The number of esters is 1. The molecule has 1 aliphatic rings. The molecule has 0 saturated heterocycles. The van der Waals surface area contributed by atoms with Crippen molar-refractivity contribution >= 4 is 17.3 Å². The molecule has 96 valence electrons. The predicted octanol–water partition coefficient (Wildman–Crippen LogP) is 2.44. The third kappa shape index (κ3) is 2.10. The van der Waals surface area contributed by atoms with Gasteiger partial charge in [0, 0.05) is 23.2 Å². The second kappa shape index (κ2) is 4.12. The summed E-state index contributed by atoms with van der Waals surface area (Å²) in [7, 11) is 1.36. The Hall–Kier alpha value is -1.84. The molecule has 0 radical (unpaired) electrons. The molecule has 4 heteroatoms. The Morgan fingerprint density at radius 2 is 2.11 bits per heavy atom. The number of rotatable bonds is 1. The molecule has 18 heavy (non-hydrogen) atoms. The van der Waals surface area contributed by atoms with Crippen LogP contribution in [0.3, 0.4) is 0 Å². The largest absolute Gasteiger partial charge is 0.465 e. The van der Waals surface area contributed by atoms with E-state index in [1.807, 2.05) is 6.07 Å². The average Bonchev–Trinajstić information content (AvgIpc) is 2.70. The molecule has 0 saturated carbocycles. The van der Waals surface area contributed by atoms with Crippen molar-refractivity contribution in [2.24, 2.45) is 0 Å². The lowest BCUT2D eigenvalue weighted by molar-refractivity contribution is -0.133. The first-order valence-corrected chi connectivity index (χ1v) is 5.93. The van der Waals surface area contributed by atoms with Gasteiger partial charge in [0.2, 0.25) is 0 Å². The van der Waals surface area contributed by atoms with Gasteiger partial charge >= 0.3 is 5.97 Å². The minimum absolute atomic E-state index is 0.0131. The zero-order valence-corrected chi connectivity index (χ0v) is 11.2. The van der Waals surface area contributed by atoms with E-state index in [0.29, 0.717) is 17.7 Å². The van der Waals surface area contributed by atoms with E-state index in [4.69, 9.17) is 10.1 Å². The molecule has 0 unspecified atom stereocenters. The number of carbonyl (C=O) groups is 1. The van der Waals surface area contributed by atoms with Gasteiger partial charge in [0.05, 0.1) is 18.4 Å². The van der Waals surface area contributed by atoms with Crippen LogP contribution in [0.2, 0.25) is 0 Å². The molecule has 4 nitrogen and oxygen atoms in total. The molecule has 0 aliphatic heterocycles. The summed E-state index contributed by atoms with van der Waals surface area (Å²) in [4.78, 5) is 15.0. The molecular weight excluding hydrogens is 228 g/mol. The number of carbonyl (C=O) groups excluding carboxylic acids is 1. The Balaban J connectivity index is 2.53. The molecule has 0 aromatic carbocycles. The summed E-state index contributed by atoms with van der Waals surface area (Å²) < 4.78 is 4.77. The van der Waals surface area contributed by atoms with E-state index < -0.39 is 5.97 Å². The minimum atomic E-state index is -0.400. The van der Waals surface area contributed by atoms with Crippen LogP contribution in [0.1, 0.15) is 37.7 Å². The summed E-state index contributed by atoms with van der Waals surface area (Å²) in [6, 6.07) is 2.04. The van der Waals surface area contributed by atoms with Gasteiger partial charge in [-0.3, -0.25) is 0 Å². The highest BCUT2D eigenvalue weighted by molar-refractivity contribution is 6.23. The zero-order chi connectivity index (χ0) is 13.5. The molecule has 0 fully saturated rings. The van der Waals surface area contributed by atoms with Crippen LogP contribution < -0.4 is 0 Å². The number of hydrogen-bond acceptors (Lipinski definition) is 3. The molecule has 1 aliphatic carbocycles. The van der Waals surface area contributed by atoms with Crippen LogP contribution in [-0.2, 0) is 21.4 Å². The van der Waals surface area contributed by atoms with Gasteiger partial charge in [0.1, 0.15) is 0 Å². The lowest BCUT2D eigenvalue weighted by Crippen LogP contribution is -2.14. The number of methoxy groups -OCH3 is 1. The molecule has 2 rings (SSSR count). The van der Waals surface area contributed by atoms with E-state index in [1.165, 1.54) is 7.11 Å². The number of hydrogen-bond donors (Lipinski definition) is 2. The Morgan fingerprint density at radius 1 is 1.44 bits per heavy atom. The molecule has 0 atom stereocenters. The quantitative estimate of drug-likeness (QED) is 0.747. The summed E-state index contributed by atoms with van der Waals surface area (Å²) in [5.41, 5.74) is 3.72. The lowest BCUT2D eigenvalue weighted by atomic mass is 9.91. The van der Waals surface area contributed by atoms with Crippen molar-refractivity contribution in [3.8, 4) is 0 Å². The van der Waals surface area contributed by atoms with Crippen molar-refractivity contribution in [3.05, 3.63) is 29.1 Å². The molecule has 2 N–H and O–H groups in total. The molecule has 0 bridgehead atoms. The highest BCUT2D eigenvalue weighted by Gasteiger charge is 2.26. The Bertz CT molecular complexity index is 545. The number of ether oxygens (including phenoxy) is 1. The van der Waals surface area contributed by atoms with E-state index in [9.17, 15) is 4.79 Å². The first-order valence-electron chi connectivity index (χ1n) is 5.93. The maximum atomic E-state index is 11.7. The van der Waals surface area contributed by atoms with Crippen molar-refractivity contribution < 1.29 is 9.53 Å². The fourth-order valence-corrected chi connectivity index (χ4v) is 2.05. The maximum Gasteiger partial charge on any atom is 0.340 e. The van der Waals surface area contributed by atoms with E-state index >= 15 is 0 Å². The van der Waals surface area contributed by atoms with Crippen LogP contribution in [0.15, 0.2) is 12.1 Å². The summed E-state index contributed by atoms with van der Waals surface area (Å²) in [6.45, 7) is 6.32. The fraction of sp³-hybridized carbons (Fsp3) is 0.429. The molecule has 0 spiro atoms. The van der Waals surface area contributed by atoms with E-state index in [0.717, 1.165) is 17.0 Å². The highest BCUT2D eigenvalue weighted by atomic mass is 16.5. The SMILES string of the molecule is COC(=O)C1=CC(=N)Cc2cc(C(C)(C)C)[nH]c21. The van der Waals surface area contributed by atoms with Crippen LogP contribution in [0.4, 0.5) is 0 Å². The second-order valence-electron chi connectivity index (χ2n) is 5.58. The number of fused-ring (bicyclic) bond motifs is 1. The van der Waals surface area contributed by atoms with Gasteiger partial charge in [-0.05, 0) is 17.7 Å². The van der Waals surface area contributed by atoms with Gasteiger partial charge in [-0.2, -0.15) is 0 Å². The molecular formula is C14H18N2O2. The third-order valence-electron chi connectivity index (χ3n) is 3.08. The predicted molar refractivity (Wildman–Crippen MR) is 70.9 cm³/mol.